The van der Waals surface area contributed by atoms with Gasteiger partial charge in [-0.3, -0.25) is 14.0 Å². The van der Waals surface area contributed by atoms with Crippen LogP contribution in [0.3, 0.4) is 0 Å². The van der Waals surface area contributed by atoms with Crippen molar-refractivity contribution < 1.29 is 9.59 Å². The number of nitrogens with one attached hydrogen (secondary N) is 1. The number of anilines is 1. The first kappa shape index (κ1) is 21.8. The minimum absolute atomic E-state index is 0.0515. The third-order valence-electron chi connectivity index (χ3n) is 5.40. The highest BCUT2D eigenvalue weighted by atomic mass is 32.2. The first-order chi connectivity index (χ1) is 16.5. The van der Waals surface area contributed by atoms with Crippen LogP contribution >= 0.6 is 11.8 Å². The van der Waals surface area contributed by atoms with Crippen LogP contribution in [0.15, 0.2) is 77.8 Å². The molecule has 168 valence electrons. The number of ketones is 1. The Balaban J connectivity index is 1.46. The van der Waals surface area contributed by atoms with Crippen LogP contribution in [0.2, 0.25) is 0 Å². The van der Waals surface area contributed by atoms with Gasteiger partial charge in [0.1, 0.15) is 5.03 Å². The van der Waals surface area contributed by atoms with Gasteiger partial charge < -0.3 is 5.32 Å². The maximum atomic E-state index is 12.6. The Morgan fingerprint density at radius 3 is 2.56 bits per heavy atom. The van der Waals surface area contributed by atoms with E-state index in [2.05, 4.69) is 15.5 Å². The quantitative estimate of drug-likeness (QED) is 0.273. The molecule has 2 aromatic heterocycles. The van der Waals surface area contributed by atoms with E-state index in [0.717, 1.165) is 22.4 Å². The summed E-state index contributed by atoms with van der Waals surface area (Å²) in [5.74, 6) is 0.611. The van der Waals surface area contributed by atoms with Crippen LogP contribution < -0.4 is 5.32 Å². The zero-order valence-corrected chi connectivity index (χ0v) is 19.5. The van der Waals surface area contributed by atoms with Gasteiger partial charge in [-0.2, -0.15) is 0 Å². The molecule has 0 saturated heterocycles. The summed E-state index contributed by atoms with van der Waals surface area (Å²) in [6, 6.07) is 22.8. The van der Waals surface area contributed by atoms with E-state index < -0.39 is 0 Å². The Kier molecular flexibility index (Phi) is 5.81. The molecular formula is C26H21N5O2S. The Morgan fingerprint density at radius 1 is 0.971 bits per heavy atom. The van der Waals surface area contributed by atoms with Gasteiger partial charge in [-0.15, -0.1) is 10.2 Å². The second-order valence-corrected chi connectivity index (χ2v) is 8.89. The molecule has 0 aliphatic carbocycles. The van der Waals surface area contributed by atoms with Crippen molar-refractivity contribution in [3.05, 3.63) is 83.9 Å². The summed E-state index contributed by atoms with van der Waals surface area (Å²) in [4.78, 5) is 29.0. The highest BCUT2D eigenvalue weighted by Gasteiger charge is 2.17. The largest absolute Gasteiger partial charge is 0.325 e. The summed E-state index contributed by atoms with van der Waals surface area (Å²) in [7, 11) is 0. The van der Waals surface area contributed by atoms with Crippen molar-refractivity contribution in [1.82, 2.24) is 19.6 Å². The molecule has 0 unspecified atom stereocenters. The number of nitrogens with zero attached hydrogens (tertiary/aromatic N) is 4. The lowest BCUT2D eigenvalue weighted by Crippen LogP contribution is -2.14. The Bertz CT molecular complexity index is 1540. The minimum atomic E-state index is -0.197. The molecule has 0 fully saturated rings. The van der Waals surface area contributed by atoms with Gasteiger partial charge in [-0.05, 0) is 38.1 Å². The standard InChI is InChI=1S/C26H21N5O2S/c1-16-10-12-18(13-11-16)24-29-30-25-26(28-21-8-3-4-9-22(21)31(24)25)34-15-23(33)27-20-7-5-6-19(14-20)17(2)32/h3-14H,15H2,1-2H3,(H,27,33). The van der Waals surface area contributed by atoms with E-state index >= 15 is 0 Å². The van der Waals surface area contributed by atoms with Gasteiger partial charge in [0.05, 0.1) is 16.8 Å². The number of hydrogen-bond acceptors (Lipinski definition) is 6. The van der Waals surface area contributed by atoms with Crippen LogP contribution in [-0.4, -0.2) is 37.0 Å². The van der Waals surface area contributed by atoms with Crippen LogP contribution in [0.5, 0.6) is 0 Å². The van der Waals surface area contributed by atoms with E-state index in [0.29, 0.717) is 21.9 Å². The number of para-hydroxylation sites is 2. The van der Waals surface area contributed by atoms with Crippen LogP contribution in [-0.2, 0) is 4.79 Å². The SMILES string of the molecule is CC(=O)c1cccc(NC(=O)CSc2nc3ccccc3n3c(-c4ccc(C)cc4)nnc23)c1. The normalized spacial score (nSPS) is 11.1. The molecule has 0 aliphatic rings. The number of thioether (sulfide) groups is 1. The number of amides is 1. The maximum Gasteiger partial charge on any atom is 0.234 e. The summed E-state index contributed by atoms with van der Waals surface area (Å²) in [6.45, 7) is 3.54. The molecule has 5 aromatic rings. The fraction of sp³-hybridized carbons (Fsp3) is 0.115. The van der Waals surface area contributed by atoms with E-state index in [9.17, 15) is 9.59 Å². The second-order valence-electron chi connectivity index (χ2n) is 7.93. The van der Waals surface area contributed by atoms with Crippen LogP contribution in [0, 0.1) is 6.92 Å². The van der Waals surface area contributed by atoms with E-state index in [-0.39, 0.29) is 17.4 Å². The number of aromatic nitrogens is 4. The van der Waals surface area contributed by atoms with Gasteiger partial charge in [0.2, 0.25) is 5.91 Å². The lowest BCUT2D eigenvalue weighted by atomic mass is 10.1. The Morgan fingerprint density at radius 2 is 1.76 bits per heavy atom. The number of fused-ring (bicyclic) bond motifs is 3. The zero-order valence-electron chi connectivity index (χ0n) is 18.6. The molecule has 2 heterocycles. The van der Waals surface area contributed by atoms with Crippen molar-refractivity contribution >= 4 is 45.8 Å². The predicted molar refractivity (Wildman–Crippen MR) is 134 cm³/mol. The molecule has 7 nitrogen and oxygen atoms in total. The molecule has 3 aromatic carbocycles. The minimum Gasteiger partial charge on any atom is -0.325 e. The van der Waals surface area contributed by atoms with Gasteiger partial charge >= 0.3 is 0 Å². The summed E-state index contributed by atoms with van der Waals surface area (Å²) < 4.78 is 1.99. The van der Waals surface area contributed by atoms with Crippen molar-refractivity contribution in [2.75, 3.05) is 11.1 Å². The molecule has 0 bridgehead atoms. The van der Waals surface area contributed by atoms with Crippen molar-refractivity contribution in [1.29, 1.82) is 0 Å². The molecule has 0 aliphatic heterocycles. The van der Waals surface area contributed by atoms with Gasteiger partial charge in [-0.25, -0.2) is 4.98 Å². The molecule has 1 amide bonds. The third kappa shape index (κ3) is 4.27. The monoisotopic (exact) mass is 467 g/mol. The molecule has 5 rings (SSSR count). The number of benzene rings is 3. The van der Waals surface area contributed by atoms with Crippen molar-refractivity contribution in [3.8, 4) is 11.4 Å². The first-order valence-corrected chi connectivity index (χ1v) is 11.7. The average molecular weight is 468 g/mol. The average Bonchev–Trinajstić information content (AvgIpc) is 3.29. The number of carbonyl (C=O) groups is 2. The van der Waals surface area contributed by atoms with E-state index in [4.69, 9.17) is 4.98 Å². The second kappa shape index (κ2) is 9.07. The lowest BCUT2D eigenvalue weighted by Gasteiger charge is -2.09. The van der Waals surface area contributed by atoms with Crippen LogP contribution in [0.1, 0.15) is 22.8 Å². The molecule has 0 atom stereocenters. The predicted octanol–water partition coefficient (Wildman–Crippen LogP) is 5.19. The maximum absolute atomic E-state index is 12.6. The van der Waals surface area contributed by atoms with E-state index in [1.165, 1.54) is 24.2 Å². The molecular weight excluding hydrogens is 446 g/mol. The number of hydrogen-bond donors (Lipinski definition) is 1. The van der Waals surface area contributed by atoms with Gasteiger partial charge in [0.15, 0.2) is 17.3 Å². The Hall–Kier alpha value is -4.04. The summed E-state index contributed by atoms with van der Waals surface area (Å²) in [5, 5.41) is 12.3. The number of carbonyl (C=O) groups excluding carboxylic acids is 2. The number of aryl methyl sites for hydroxylation is 1. The smallest absolute Gasteiger partial charge is 0.234 e. The van der Waals surface area contributed by atoms with Gasteiger partial charge in [0.25, 0.3) is 0 Å². The fourth-order valence-corrected chi connectivity index (χ4v) is 4.46. The topological polar surface area (TPSA) is 89.2 Å². The highest BCUT2D eigenvalue weighted by Crippen LogP contribution is 2.29. The molecule has 8 heteroatoms. The van der Waals surface area contributed by atoms with Crippen molar-refractivity contribution in [2.24, 2.45) is 0 Å². The van der Waals surface area contributed by atoms with E-state index in [1.807, 2.05) is 59.9 Å². The third-order valence-corrected chi connectivity index (χ3v) is 6.36. The summed E-state index contributed by atoms with van der Waals surface area (Å²) in [5.41, 5.74) is 5.54. The molecule has 1 N–H and O–H groups in total. The summed E-state index contributed by atoms with van der Waals surface area (Å²) in [6.07, 6.45) is 0. The van der Waals surface area contributed by atoms with Crippen molar-refractivity contribution in [2.45, 2.75) is 18.9 Å². The molecule has 34 heavy (non-hydrogen) atoms. The lowest BCUT2D eigenvalue weighted by molar-refractivity contribution is -0.113. The van der Waals surface area contributed by atoms with Crippen LogP contribution in [0.25, 0.3) is 28.1 Å². The summed E-state index contributed by atoms with van der Waals surface area (Å²) >= 11 is 1.30. The first-order valence-electron chi connectivity index (χ1n) is 10.7. The zero-order chi connectivity index (χ0) is 23.7. The number of Topliss-reactive ketones (excluding diaryl/α,β-unsaturated/α-hetero) is 1. The number of rotatable bonds is 6. The Labute approximate surface area is 200 Å². The van der Waals surface area contributed by atoms with Crippen LogP contribution in [0.4, 0.5) is 5.69 Å². The highest BCUT2D eigenvalue weighted by molar-refractivity contribution is 8.00. The fourth-order valence-electron chi connectivity index (χ4n) is 3.69. The van der Waals surface area contributed by atoms with E-state index in [1.54, 1.807) is 24.3 Å². The molecule has 0 radical (unpaired) electrons. The molecule has 0 spiro atoms. The van der Waals surface area contributed by atoms with Gasteiger partial charge in [-0.1, -0.05) is 65.9 Å². The van der Waals surface area contributed by atoms with Gasteiger partial charge in [0, 0.05) is 16.8 Å². The molecule has 0 saturated carbocycles. The van der Waals surface area contributed by atoms with Crippen molar-refractivity contribution in [3.63, 3.8) is 0 Å².